The summed E-state index contributed by atoms with van der Waals surface area (Å²) in [4.78, 5) is 15.7. The molecule has 6 nitrogen and oxygen atoms in total. The number of carbonyl (C=O) groups is 1. The first-order valence-electron chi connectivity index (χ1n) is 8.50. The van der Waals surface area contributed by atoms with Crippen LogP contribution in [-0.4, -0.2) is 60.1 Å². The zero-order valence-electron chi connectivity index (χ0n) is 15.5. The summed E-state index contributed by atoms with van der Waals surface area (Å²) in [5.41, 5.74) is 2.00. The van der Waals surface area contributed by atoms with E-state index in [-0.39, 0.29) is 17.1 Å². The molecule has 3 heterocycles. The summed E-state index contributed by atoms with van der Waals surface area (Å²) in [6.07, 6.45) is 4.11. The number of hydrogen-bond donors (Lipinski definition) is 0. The number of nitrogens with zero attached hydrogens (tertiary/aromatic N) is 4. The Kier molecular flexibility index (Phi) is 4.12. The number of rotatable bonds is 4. The molecule has 2 aliphatic heterocycles. The third-order valence-corrected chi connectivity index (χ3v) is 10.0. The van der Waals surface area contributed by atoms with Gasteiger partial charge < -0.3 is 14.2 Å². The van der Waals surface area contributed by atoms with Gasteiger partial charge in [0.1, 0.15) is 0 Å². The van der Waals surface area contributed by atoms with Crippen LogP contribution >= 0.6 is 0 Å². The van der Waals surface area contributed by atoms with E-state index in [4.69, 9.17) is 4.43 Å². The molecule has 0 N–H and O–H groups in total. The van der Waals surface area contributed by atoms with E-state index in [0.717, 1.165) is 17.9 Å². The van der Waals surface area contributed by atoms with E-state index < -0.39 is 8.32 Å². The number of aromatic nitrogens is 2. The fourth-order valence-corrected chi connectivity index (χ4v) is 3.72. The second-order valence-corrected chi connectivity index (χ2v) is 13.1. The van der Waals surface area contributed by atoms with Gasteiger partial charge in [-0.3, -0.25) is 0 Å². The Balaban J connectivity index is 1.69. The van der Waals surface area contributed by atoms with Crippen molar-refractivity contribution in [1.82, 2.24) is 19.6 Å². The van der Waals surface area contributed by atoms with Gasteiger partial charge in [0.05, 0.1) is 30.6 Å². The number of urea groups is 1. The van der Waals surface area contributed by atoms with Crippen molar-refractivity contribution in [2.75, 3.05) is 20.1 Å². The first-order valence-corrected chi connectivity index (χ1v) is 11.4. The van der Waals surface area contributed by atoms with Gasteiger partial charge in [0.25, 0.3) is 0 Å². The third kappa shape index (κ3) is 3.02. The summed E-state index contributed by atoms with van der Waals surface area (Å²) in [5, 5.41) is 4.85. The summed E-state index contributed by atoms with van der Waals surface area (Å²) in [7, 11) is 0.0836. The fraction of sp³-hybridized carbons (Fsp3) is 0.647. The first kappa shape index (κ1) is 17.2. The molecule has 24 heavy (non-hydrogen) atoms. The minimum absolute atomic E-state index is 0.0971. The number of fused-ring (bicyclic) bond motifs is 2. The lowest BCUT2D eigenvalue weighted by atomic mass is 10.2. The highest BCUT2D eigenvalue weighted by molar-refractivity contribution is 6.74. The highest BCUT2D eigenvalue weighted by Crippen LogP contribution is 2.37. The summed E-state index contributed by atoms with van der Waals surface area (Å²) in [5.74, 6) is 0. The molecule has 1 atom stereocenters. The van der Waals surface area contributed by atoms with Crippen LogP contribution < -0.4 is 0 Å². The van der Waals surface area contributed by atoms with Crippen LogP contribution in [-0.2, 0) is 11.0 Å². The van der Waals surface area contributed by atoms with Crippen molar-refractivity contribution in [2.45, 2.75) is 51.6 Å². The quantitative estimate of drug-likeness (QED) is 0.786. The second-order valence-electron chi connectivity index (χ2n) is 8.30. The predicted molar refractivity (Wildman–Crippen MR) is 97.0 cm³/mol. The maximum absolute atomic E-state index is 12.0. The van der Waals surface area contributed by atoms with Crippen LogP contribution in [0.2, 0.25) is 18.1 Å². The molecule has 0 spiro atoms. The fourth-order valence-electron chi connectivity index (χ4n) is 2.78. The van der Waals surface area contributed by atoms with Gasteiger partial charge >= 0.3 is 6.03 Å². The molecule has 1 aromatic rings. The van der Waals surface area contributed by atoms with Gasteiger partial charge in [0, 0.05) is 19.8 Å². The summed E-state index contributed by atoms with van der Waals surface area (Å²) in [6, 6.07) is 2.25. The number of carbonyl (C=O) groups excluding carboxylic acids is 1. The molecular weight excluding hydrogens is 320 g/mol. The molecule has 3 rings (SSSR count). The third-order valence-electron chi connectivity index (χ3n) is 5.54. The SMILES string of the molecule is CN1C(=O)N2CC(n3ccc(CO[Si](C)(C)C(C)(C)C)n3)=CC1C2. The lowest BCUT2D eigenvalue weighted by Gasteiger charge is -2.35. The number of amides is 2. The molecule has 2 bridgehead atoms. The molecule has 2 amide bonds. The molecule has 0 saturated carbocycles. The number of likely N-dealkylation sites (N-methyl/N-ethyl adjacent to an activating group) is 1. The van der Waals surface area contributed by atoms with Crippen LogP contribution in [0.4, 0.5) is 4.79 Å². The van der Waals surface area contributed by atoms with Crippen LogP contribution in [0.5, 0.6) is 0 Å². The Bertz CT molecular complexity index is 674. The molecule has 7 heteroatoms. The van der Waals surface area contributed by atoms with Crippen molar-refractivity contribution in [2.24, 2.45) is 0 Å². The van der Waals surface area contributed by atoms with Crippen molar-refractivity contribution in [1.29, 1.82) is 0 Å². The smallest absolute Gasteiger partial charge is 0.320 e. The Hall–Kier alpha value is -1.60. The average molecular weight is 349 g/mol. The van der Waals surface area contributed by atoms with Crippen LogP contribution in [0.3, 0.4) is 0 Å². The van der Waals surface area contributed by atoms with E-state index in [2.05, 4.69) is 45.0 Å². The first-order chi connectivity index (χ1) is 11.1. The molecule has 1 unspecified atom stereocenters. The van der Waals surface area contributed by atoms with Gasteiger partial charge in [-0.05, 0) is 30.3 Å². The monoisotopic (exact) mass is 348 g/mol. The molecule has 0 aliphatic carbocycles. The normalized spacial score (nSPS) is 21.5. The average Bonchev–Trinajstić information content (AvgIpc) is 3.05. The van der Waals surface area contributed by atoms with Crippen LogP contribution in [0.25, 0.3) is 5.70 Å². The molecule has 2 aliphatic rings. The largest absolute Gasteiger partial charge is 0.411 e. The van der Waals surface area contributed by atoms with Gasteiger partial charge in [0.2, 0.25) is 0 Å². The highest BCUT2D eigenvalue weighted by Gasteiger charge is 2.38. The molecule has 132 valence electrons. The number of hydrogen-bond acceptors (Lipinski definition) is 3. The van der Waals surface area contributed by atoms with Gasteiger partial charge in [0.15, 0.2) is 8.32 Å². The van der Waals surface area contributed by atoms with Gasteiger partial charge in [-0.15, -0.1) is 0 Å². The van der Waals surface area contributed by atoms with E-state index in [1.54, 1.807) is 4.90 Å². The van der Waals surface area contributed by atoms with E-state index in [9.17, 15) is 4.79 Å². The molecular formula is C17H28N4O2Si. The molecule has 0 aromatic carbocycles. The van der Waals surface area contributed by atoms with Crippen molar-refractivity contribution in [3.8, 4) is 0 Å². The van der Waals surface area contributed by atoms with Crippen molar-refractivity contribution in [3.05, 3.63) is 24.0 Å². The minimum atomic E-state index is -1.77. The highest BCUT2D eigenvalue weighted by atomic mass is 28.4. The van der Waals surface area contributed by atoms with Crippen LogP contribution in [0.1, 0.15) is 26.5 Å². The van der Waals surface area contributed by atoms with Gasteiger partial charge in [-0.1, -0.05) is 20.8 Å². The Morgan fingerprint density at radius 2 is 2.08 bits per heavy atom. The molecule has 1 saturated heterocycles. The molecule has 0 radical (unpaired) electrons. The zero-order valence-corrected chi connectivity index (χ0v) is 16.5. The summed E-state index contributed by atoms with van der Waals surface area (Å²) >= 11 is 0. The standard InChI is InChI=1S/C17H28N4O2Si/c1-17(2,3)24(5,6)23-12-13-7-8-21(18-13)15-9-14-10-20(11-15)16(22)19(14)4/h7-9,14H,10-12H2,1-6H3. The van der Waals surface area contributed by atoms with Crippen molar-refractivity contribution in [3.63, 3.8) is 0 Å². The minimum Gasteiger partial charge on any atom is -0.411 e. The van der Waals surface area contributed by atoms with Crippen LogP contribution in [0, 0.1) is 0 Å². The Labute approximate surface area is 145 Å². The van der Waals surface area contributed by atoms with Gasteiger partial charge in [-0.2, -0.15) is 5.10 Å². The molecule has 1 fully saturated rings. The van der Waals surface area contributed by atoms with Crippen LogP contribution in [0.15, 0.2) is 18.3 Å². The van der Waals surface area contributed by atoms with E-state index in [0.29, 0.717) is 13.2 Å². The topological polar surface area (TPSA) is 50.6 Å². The summed E-state index contributed by atoms with van der Waals surface area (Å²) in [6.45, 7) is 13.2. The van der Waals surface area contributed by atoms with E-state index in [1.165, 1.54) is 0 Å². The zero-order chi connectivity index (χ0) is 17.7. The lowest BCUT2D eigenvalue weighted by molar-refractivity contribution is 0.201. The predicted octanol–water partition coefficient (Wildman–Crippen LogP) is 3.00. The van der Waals surface area contributed by atoms with Gasteiger partial charge in [-0.25, -0.2) is 9.48 Å². The maximum atomic E-state index is 12.0. The Morgan fingerprint density at radius 3 is 2.71 bits per heavy atom. The Morgan fingerprint density at radius 1 is 1.38 bits per heavy atom. The maximum Gasteiger partial charge on any atom is 0.320 e. The van der Waals surface area contributed by atoms with E-state index in [1.807, 2.05) is 28.9 Å². The van der Waals surface area contributed by atoms with E-state index >= 15 is 0 Å². The van der Waals surface area contributed by atoms with Crippen molar-refractivity contribution < 1.29 is 9.22 Å². The second kappa shape index (κ2) is 5.74. The lowest BCUT2D eigenvalue weighted by Crippen LogP contribution is -2.40. The molecule has 1 aromatic heterocycles. The summed E-state index contributed by atoms with van der Waals surface area (Å²) < 4.78 is 8.13. The van der Waals surface area contributed by atoms with Crippen molar-refractivity contribution >= 4 is 20.0 Å².